The van der Waals surface area contributed by atoms with Crippen molar-refractivity contribution in [3.8, 4) is 11.5 Å². The highest BCUT2D eigenvalue weighted by Gasteiger charge is 2.28. The van der Waals surface area contributed by atoms with Crippen LogP contribution in [0.3, 0.4) is 0 Å². The average Bonchev–Trinajstić information content (AvgIpc) is 2.91. The molecule has 1 fully saturated rings. The summed E-state index contributed by atoms with van der Waals surface area (Å²) in [5.41, 5.74) is 2.23. The Morgan fingerprint density at radius 3 is 1.53 bits per heavy atom. The van der Waals surface area contributed by atoms with Crippen molar-refractivity contribution in [2.45, 2.75) is 90.1 Å². The molecule has 1 saturated carbocycles. The highest BCUT2D eigenvalue weighted by Crippen LogP contribution is 2.29. The molecule has 196 valence electrons. The van der Waals surface area contributed by atoms with E-state index in [9.17, 15) is 9.59 Å². The van der Waals surface area contributed by atoms with Crippen LogP contribution in [-0.4, -0.2) is 37.1 Å². The summed E-state index contributed by atoms with van der Waals surface area (Å²) in [5, 5.41) is 6.19. The molecule has 2 N–H and O–H groups in total. The second kappa shape index (κ2) is 13.9. The fourth-order valence-corrected chi connectivity index (χ4v) is 4.74. The first-order chi connectivity index (χ1) is 17.4. The lowest BCUT2D eigenvalue weighted by molar-refractivity contribution is -0.127. The van der Waals surface area contributed by atoms with Gasteiger partial charge in [0.15, 0.2) is 13.2 Å². The Morgan fingerprint density at radius 1 is 0.750 bits per heavy atom. The third-order valence-electron chi connectivity index (χ3n) is 7.30. The monoisotopic (exact) mass is 494 g/mol. The third-order valence-corrected chi connectivity index (χ3v) is 7.30. The summed E-state index contributed by atoms with van der Waals surface area (Å²) in [6.07, 6.45) is 5.71. The largest absolute Gasteiger partial charge is 0.483 e. The highest BCUT2D eigenvalue weighted by molar-refractivity contribution is 5.79. The zero-order valence-electron chi connectivity index (χ0n) is 22.2. The third kappa shape index (κ3) is 7.74. The summed E-state index contributed by atoms with van der Waals surface area (Å²) in [7, 11) is 0. The number of amides is 2. The lowest BCUT2D eigenvalue weighted by Gasteiger charge is -2.32. The molecule has 0 heterocycles. The molecule has 1 aliphatic rings. The molecule has 3 rings (SSSR count). The van der Waals surface area contributed by atoms with Crippen molar-refractivity contribution in [2.24, 2.45) is 0 Å². The number of benzene rings is 2. The van der Waals surface area contributed by atoms with Crippen molar-refractivity contribution in [1.29, 1.82) is 0 Å². The summed E-state index contributed by atoms with van der Waals surface area (Å²) in [5.74, 6) is 1.90. The summed E-state index contributed by atoms with van der Waals surface area (Å²) >= 11 is 0. The molecule has 2 aromatic carbocycles. The first kappa shape index (κ1) is 27.6. The van der Waals surface area contributed by atoms with Crippen LogP contribution in [0.2, 0.25) is 0 Å². The maximum absolute atomic E-state index is 12.7. The zero-order valence-corrected chi connectivity index (χ0v) is 22.2. The molecule has 4 unspecified atom stereocenters. The van der Waals surface area contributed by atoms with Gasteiger partial charge in [-0.15, -0.1) is 0 Å². The Morgan fingerprint density at radius 2 is 1.14 bits per heavy atom. The number of rotatable bonds is 12. The molecule has 6 nitrogen and oxygen atoms in total. The normalized spacial score (nSPS) is 19.1. The quantitative estimate of drug-likeness (QED) is 0.396. The molecule has 0 bridgehead atoms. The van der Waals surface area contributed by atoms with E-state index in [2.05, 4.69) is 50.5 Å². The van der Waals surface area contributed by atoms with E-state index in [1.54, 1.807) is 0 Å². The molecular weight excluding hydrogens is 452 g/mol. The van der Waals surface area contributed by atoms with Gasteiger partial charge >= 0.3 is 0 Å². The number of carbonyl (C=O) groups excluding carboxylic acids is 2. The molecule has 6 heteroatoms. The van der Waals surface area contributed by atoms with Crippen LogP contribution in [0.25, 0.3) is 0 Å². The SMILES string of the molecule is CCC(C)c1ccccc1OCC(=O)NC1CCCCC1NC(=O)COc1ccccc1C(C)CC. The molecule has 0 saturated heterocycles. The summed E-state index contributed by atoms with van der Waals surface area (Å²) < 4.78 is 11.8. The van der Waals surface area contributed by atoms with Gasteiger partial charge < -0.3 is 20.1 Å². The van der Waals surface area contributed by atoms with E-state index in [-0.39, 0.29) is 37.1 Å². The van der Waals surface area contributed by atoms with Crippen molar-refractivity contribution in [3.05, 3.63) is 59.7 Å². The van der Waals surface area contributed by atoms with Gasteiger partial charge in [0.05, 0.1) is 0 Å². The predicted octanol–water partition coefficient (Wildman–Crippen LogP) is 5.72. The standard InChI is InChI=1S/C30H42N2O4/c1-5-21(3)23-13-7-11-17-27(23)35-19-29(33)31-25-15-9-10-16-26(25)32-30(34)20-36-28-18-12-8-14-24(28)22(4)6-2/h7-8,11-14,17-18,21-22,25-26H,5-6,9-10,15-16,19-20H2,1-4H3,(H,31,33)(H,32,34). The van der Waals surface area contributed by atoms with E-state index >= 15 is 0 Å². The Bertz CT molecular complexity index is 913. The fraction of sp³-hybridized carbons (Fsp3) is 0.533. The van der Waals surface area contributed by atoms with Gasteiger partial charge in [0, 0.05) is 12.1 Å². The van der Waals surface area contributed by atoms with Crippen molar-refractivity contribution in [2.75, 3.05) is 13.2 Å². The van der Waals surface area contributed by atoms with Gasteiger partial charge in [0.25, 0.3) is 11.8 Å². The van der Waals surface area contributed by atoms with Crippen LogP contribution in [0.5, 0.6) is 11.5 Å². The molecule has 1 aliphatic carbocycles. The van der Waals surface area contributed by atoms with Crippen LogP contribution >= 0.6 is 0 Å². The zero-order chi connectivity index (χ0) is 25.9. The molecule has 2 amide bonds. The minimum atomic E-state index is -0.168. The Hall–Kier alpha value is -3.02. The fourth-order valence-electron chi connectivity index (χ4n) is 4.74. The first-order valence-corrected chi connectivity index (χ1v) is 13.4. The van der Waals surface area contributed by atoms with Crippen LogP contribution < -0.4 is 20.1 Å². The van der Waals surface area contributed by atoms with E-state index in [4.69, 9.17) is 9.47 Å². The smallest absolute Gasteiger partial charge is 0.258 e. The summed E-state index contributed by atoms with van der Waals surface area (Å²) in [4.78, 5) is 25.5. The maximum Gasteiger partial charge on any atom is 0.258 e. The predicted molar refractivity (Wildman–Crippen MR) is 144 cm³/mol. The summed E-state index contributed by atoms with van der Waals surface area (Å²) in [6, 6.07) is 15.5. The molecule has 0 aliphatic heterocycles. The number of hydrogen-bond donors (Lipinski definition) is 2. The van der Waals surface area contributed by atoms with Crippen molar-refractivity contribution in [3.63, 3.8) is 0 Å². The molecule has 0 spiro atoms. The van der Waals surface area contributed by atoms with Crippen LogP contribution in [-0.2, 0) is 9.59 Å². The van der Waals surface area contributed by atoms with Gasteiger partial charge in [0.2, 0.25) is 0 Å². The Kier molecular flexibility index (Phi) is 10.6. The van der Waals surface area contributed by atoms with Crippen molar-refractivity contribution < 1.29 is 19.1 Å². The Labute approximate surface area is 216 Å². The van der Waals surface area contributed by atoms with Crippen LogP contribution in [0.1, 0.15) is 89.2 Å². The molecule has 0 aromatic heterocycles. The second-order valence-corrected chi connectivity index (χ2v) is 9.90. The van der Waals surface area contributed by atoms with E-state index in [0.717, 1.165) is 61.2 Å². The topological polar surface area (TPSA) is 76.7 Å². The Balaban J connectivity index is 1.52. The molecule has 4 atom stereocenters. The van der Waals surface area contributed by atoms with Gasteiger partial charge in [-0.05, 0) is 60.8 Å². The van der Waals surface area contributed by atoms with Crippen molar-refractivity contribution in [1.82, 2.24) is 10.6 Å². The lowest BCUT2D eigenvalue weighted by atomic mass is 9.90. The van der Waals surface area contributed by atoms with Gasteiger partial charge in [-0.3, -0.25) is 9.59 Å². The minimum Gasteiger partial charge on any atom is -0.483 e. The maximum atomic E-state index is 12.7. The van der Waals surface area contributed by atoms with Gasteiger partial charge in [-0.1, -0.05) is 76.9 Å². The van der Waals surface area contributed by atoms with E-state index in [1.165, 1.54) is 0 Å². The van der Waals surface area contributed by atoms with E-state index in [1.807, 2.05) is 36.4 Å². The van der Waals surface area contributed by atoms with Crippen LogP contribution in [0, 0.1) is 0 Å². The lowest BCUT2D eigenvalue weighted by Crippen LogP contribution is -2.54. The number of ether oxygens (including phenoxy) is 2. The first-order valence-electron chi connectivity index (χ1n) is 13.4. The van der Waals surface area contributed by atoms with Crippen LogP contribution in [0.15, 0.2) is 48.5 Å². The molecule has 0 radical (unpaired) electrons. The number of nitrogens with one attached hydrogen (secondary N) is 2. The van der Waals surface area contributed by atoms with Crippen molar-refractivity contribution >= 4 is 11.8 Å². The van der Waals surface area contributed by atoms with Gasteiger partial charge in [-0.25, -0.2) is 0 Å². The molecule has 2 aromatic rings. The molecular formula is C30H42N2O4. The number of para-hydroxylation sites is 2. The summed E-state index contributed by atoms with van der Waals surface area (Å²) in [6.45, 7) is 8.51. The average molecular weight is 495 g/mol. The number of carbonyl (C=O) groups is 2. The number of hydrogen-bond acceptors (Lipinski definition) is 4. The highest BCUT2D eigenvalue weighted by atomic mass is 16.5. The van der Waals surface area contributed by atoms with E-state index in [0.29, 0.717) is 11.8 Å². The molecule has 36 heavy (non-hydrogen) atoms. The minimum absolute atomic E-state index is 0.0415. The second-order valence-electron chi connectivity index (χ2n) is 9.90. The van der Waals surface area contributed by atoms with Gasteiger partial charge in [-0.2, -0.15) is 0 Å². The van der Waals surface area contributed by atoms with E-state index < -0.39 is 0 Å². The van der Waals surface area contributed by atoms with Gasteiger partial charge in [0.1, 0.15) is 11.5 Å². The van der Waals surface area contributed by atoms with Crippen LogP contribution in [0.4, 0.5) is 0 Å².